The molecule has 0 radical (unpaired) electrons. The largest absolute Gasteiger partial charge is 0.375 e. The van der Waals surface area contributed by atoms with E-state index in [2.05, 4.69) is 28.9 Å². The fraction of sp³-hybridized carbons (Fsp3) is 0.259. The quantitative estimate of drug-likeness (QED) is 0.454. The number of amides is 1. The van der Waals surface area contributed by atoms with E-state index >= 15 is 0 Å². The highest BCUT2D eigenvalue weighted by Gasteiger charge is 2.51. The molecule has 0 spiro atoms. The molecule has 1 aliphatic rings. The van der Waals surface area contributed by atoms with Crippen LogP contribution < -0.4 is 4.90 Å². The van der Waals surface area contributed by atoms with Crippen molar-refractivity contribution in [3.05, 3.63) is 98.5 Å². The van der Waals surface area contributed by atoms with Crippen LogP contribution in [-0.2, 0) is 23.4 Å². The summed E-state index contributed by atoms with van der Waals surface area (Å²) in [7, 11) is 0. The Bertz CT molecular complexity index is 1200. The molecule has 3 aromatic rings. The Morgan fingerprint density at radius 2 is 1.75 bits per heavy atom. The third kappa shape index (κ3) is 4.03. The molecule has 1 aliphatic heterocycles. The van der Waals surface area contributed by atoms with Crippen molar-refractivity contribution in [1.29, 1.82) is 0 Å². The van der Waals surface area contributed by atoms with Crippen molar-refractivity contribution in [3.8, 4) is 0 Å². The van der Waals surface area contributed by atoms with Gasteiger partial charge in [-0.05, 0) is 55.2 Å². The number of anilines is 1. The van der Waals surface area contributed by atoms with Gasteiger partial charge in [0.25, 0.3) is 5.91 Å². The number of halogens is 1. The van der Waals surface area contributed by atoms with E-state index in [9.17, 15) is 14.7 Å². The normalized spacial score (nSPS) is 17.5. The molecule has 4 rings (SSSR count). The fourth-order valence-corrected chi connectivity index (χ4v) is 4.67. The van der Waals surface area contributed by atoms with Gasteiger partial charge >= 0.3 is 0 Å². The molecule has 4 nitrogen and oxygen atoms in total. The minimum atomic E-state index is -1.90. The summed E-state index contributed by atoms with van der Waals surface area (Å²) in [4.78, 5) is 28.2. The van der Waals surface area contributed by atoms with Gasteiger partial charge in [-0.1, -0.05) is 70.9 Å². The number of aryl methyl sites for hydroxylation is 3. The summed E-state index contributed by atoms with van der Waals surface area (Å²) in [5.41, 5.74) is 4.05. The molecular weight excluding hydrogens is 466 g/mol. The maximum Gasteiger partial charge on any atom is 0.264 e. The van der Waals surface area contributed by atoms with Crippen LogP contribution in [0.1, 0.15) is 51.5 Å². The van der Waals surface area contributed by atoms with Gasteiger partial charge < -0.3 is 10.0 Å². The highest BCUT2D eigenvalue weighted by atomic mass is 79.9. The zero-order chi connectivity index (χ0) is 23.0. The predicted molar refractivity (Wildman–Crippen MR) is 130 cm³/mol. The summed E-state index contributed by atoms with van der Waals surface area (Å²) in [5.74, 6) is -0.730. The number of Topliss-reactive ketones (excluding diaryl/α,β-unsaturated/α-hetero) is 1. The van der Waals surface area contributed by atoms with Crippen LogP contribution in [0.2, 0.25) is 0 Å². The Morgan fingerprint density at radius 1 is 1.03 bits per heavy atom. The number of nitrogens with zero attached hydrogens (tertiary/aromatic N) is 1. The van der Waals surface area contributed by atoms with Gasteiger partial charge in [-0.2, -0.15) is 0 Å². The lowest BCUT2D eigenvalue weighted by Crippen LogP contribution is -2.41. The Morgan fingerprint density at radius 3 is 2.41 bits per heavy atom. The van der Waals surface area contributed by atoms with Gasteiger partial charge in [-0.15, -0.1) is 0 Å². The number of benzene rings is 3. The second-order valence-corrected chi connectivity index (χ2v) is 9.41. The Balaban J connectivity index is 1.69. The molecule has 0 aromatic heterocycles. The molecule has 1 unspecified atom stereocenters. The molecule has 0 aliphatic carbocycles. The minimum Gasteiger partial charge on any atom is -0.375 e. The SMILES string of the molecule is CCc1ccc(C(=O)CC2(O)C(=O)N(Cc3ccc(C)cc3C)c3ccc(Br)cc32)cc1. The summed E-state index contributed by atoms with van der Waals surface area (Å²) in [6.07, 6.45) is 0.579. The molecule has 0 bridgehead atoms. The molecule has 1 N–H and O–H groups in total. The van der Waals surface area contributed by atoms with Gasteiger partial charge in [0, 0.05) is 15.6 Å². The lowest BCUT2D eigenvalue weighted by atomic mass is 9.88. The van der Waals surface area contributed by atoms with E-state index in [0.717, 1.165) is 33.1 Å². The molecule has 0 saturated heterocycles. The number of carbonyl (C=O) groups is 2. The van der Waals surface area contributed by atoms with Crippen LogP contribution in [0, 0.1) is 13.8 Å². The Kier molecular flexibility index (Phi) is 6.06. The first kappa shape index (κ1) is 22.4. The van der Waals surface area contributed by atoms with E-state index in [4.69, 9.17) is 0 Å². The fourth-order valence-electron chi connectivity index (χ4n) is 4.30. The van der Waals surface area contributed by atoms with E-state index in [1.54, 1.807) is 23.1 Å². The summed E-state index contributed by atoms with van der Waals surface area (Å²) < 4.78 is 0.746. The van der Waals surface area contributed by atoms with Crippen LogP contribution >= 0.6 is 15.9 Å². The van der Waals surface area contributed by atoms with E-state index in [1.807, 2.05) is 50.2 Å². The number of carbonyl (C=O) groups excluding carboxylic acids is 2. The molecule has 5 heteroatoms. The van der Waals surface area contributed by atoms with Gasteiger partial charge in [0.05, 0.1) is 18.7 Å². The van der Waals surface area contributed by atoms with Crippen molar-refractivity contribution >= 4 is 33.3 Å². The average Bonchev–Trinajstić information content (AvgIpc) is 2.97. The standard InChI is InChI=1S/C27H26BrNO3/c1-4-19-6-9-20(10-7-19)25(30)15-27(32)23-14-22(28)11-12-24(23)29(26(27)31)16-21-8-5-17(2)13-18(21)3/h5-14,32H,4,15-16H2,1-3H3. The maximum atomic E-state index is 13.6. The number of fused-ring (bicyclic) bond motifs is 1. The molecule has 0 saturated carbocycles. The van der Waals surface area contributed by atoms with Crippen molar-refractivity contribution in [3.63, 3.8) is 0 Å². The predicted octanol–water partition coefficient (Wildman–Crippen LogP) is 5.64. The van der Waals surface area contributed by atoms with Crippen molar-refractivity contribution in [2.75, 3.05) is 4.90 Å². The van der Waals surface area contributed by atoms with E-state index in [1.165, 1.54) is 0 Å². The van der Waals surface area contributed by atoms with E-state index in [0.29, 0.717) is 23.4 Å². The molecular formula is C27H26BrNO3. The lowest BCUT2D eigenvalue weighted by molar-refractivity contribution is -0.136. The van der Waals surface area contributed by atoms with Crippen molar-refractivity contribution in [2.45, 2.75) is 45.8 Å². The number of ketones is 1. The summed E-state index contributed by atoms with van der Waals surface area (Å²) >= 11 is 3.44. The first-order chi connectivity index (χ1) is 15.2. The van der Waals surface area contributed by atoms with Gasteiger partial charge in [-0.3, -0.25) is 9.59 Å². The summed E-state index contributed by atoms with van der Waals surface area (Å²) in [6, 6.07) is 18.8. The van der Waals surface area contributed by atoms with Crippen LogP contribution in [0.5, 0.6) is 0 Å². The third-order valence-electron chi connectivity index (χ3n) is 6.22. The van der Waals surface area contributed by atoms with Crippen molar-refractivity contribution < 1.29 is 14.7 Å². The zero-order valence-electron chi connectivity index (χ0n) is 18.5. The lowest BCUT2D eigenvalue weighted by Gasteiger charge is -2.23. The number of hydrogen-bond acceptors (Lipinski definition) is 3. The van der Waals surface area contributed by atoms with Crippen LogP contribution in [0.25, 0.3) is 0 Å². The molecule has 164 valence electrons. The third-order valence-corrected chi connectivity index (χ3v) is 6.71. The zero-order valence-corrected chi connectivity index (χ0v) is 20.1. The van der Waals surface area contributed by atoms with Gasteiger partial charge in [0.1, 0.15) is 0 Å². The number of rotatable bonds is 6. The first-order valence-corrected chi connectivity index (χ1v) is 11.5. The molecule has 1 amide bonds. The Hall–Kier alpha value is -2.76. The van der Waals surface area contributed by atoms with Gasteiger partial charge in [0.15, 0.2) is 11.4 Å². The van der Waals surface area contributed by atoms with Crippen molar-refractivity contribution in [1.82, 2.24) is 0 Å². The average molecular weight is 492 g/mol. The maximum absolute atomic E-state index is 13.6. The number of aliphatic hydroxyl groups is 1. The van der Waals surface area contributed by atoms with Gasteiger partial charge in [0.2, 0.25) is 0 Å². The van der Waals surface area contributed by atoms with Crippen LogP contribution in [0.4, 0.5) is 5.69 Å². The van der Waals surface area contributed by atoms with E-state index in [-0.39, 0.29) is 12.2 Å². The minimum absolute atomic E-state index is 0.261. The molecule has 3 aromatic carbocycles. The second-order valence-electron chi connectivity index (χ2n) is 8.49. The summed E-state index contributed by atoms with van der Waals surface area (Å²) in [6.45, 7) is 6.43. The first-order valence-electron chi connectivity index (χ1n) is 10.8. The number of hydrogen-bond donors (Lipinski definition) is 1. The monoisotopic (exact) mass is 491 g/mol. The molecule has 1 heterocycles. The Labute approximate surface area is 197 Å². The molecule has 32 heavy (non-hydrogen) atoms. The highest BCUT2D eigenvalue weighted by Crippen LogP contribution is 2.45. The topological polar surface area (TPSA) is 57.6 Å². The highest BCUT2D eigenvalue weighted by molar-refractivity contribution is 9.10. The van der Waals surface area contributed by atoms with E-state index < -0.39 is 11.5 Å². The smallest absolute Gasteiger partial charge is 0.264 e. The van der Waals surface area contributed by atoms with Gasteiger partial charge in [-0.25, -0.2) is 0 Å². The molecule has 1 atom stereocenters. The molecule has 0 fully saturated rings. The summed E-state index contributed by atoms with van der Waals surface area (Å²) in [5, 5.41) is 11.6. The van der Waals surface area contributed by atoms with Crippen LogP contribution in [-0.4, -0.2) is 16.8 Å². The van der Waals surface area contributed by atoms with Crippen molar-refractivity contribution in [2.24, 2.45) is 0 Å². The second kappa shape index (κ2) is 8.64. The van der Waals surface area contributed by atoms with Crippen LogP contribution in [0.15, 0.2) is 65.1 Å². The van der Waals surface area contributed by atoms with Crippen LogP contribution in [0.3, 0.4) is 0 Å².